The Hall–Kier alpha value is -2.19. The Balaban J connectivity index is 0.00000124. The van der Waals surface area contributed by atoms with Crippen LogP contribution in [-0.2, 0) is 51.3 Å². The molecule has 0 amide bonds. The van der Waals surface area contributed by atoms with Crippen molar-refractivity contribution in [1.82, 2.24) is 0 Å². The van der Waals surface area contributed by atoms with E-state index < -0.39 is 11.9 Å². The zero-order valence-electron chi connectivity index (χ0n) is 41.1. The van der Waals surface area contributed by atoms with Gasteiger partial charge in [0.15, 0.2) is 0 Å². The quantitative estimate of drug-likeness (QED) is 0.0358. The molecule has 0 N–H and O–H groups in total. The molecule has 10 nitrogen and oxygen atoms in total. The van der Waals surface area contributed by atoms with E-state index in [0.29, 0.717) is 38.9 Å². The number of rotatable bonds is 40. The minimum absolute atomic E-state index is 0. The van der Waals surface area contributed by atoms with Crippen LogP contribution in [0.1, 0.15) is 219 Å². The number of carbonyl (C=O) groups excluding carboxylic acids is 4. The molecule has 4 atom stereocenters. The first-order valence-corrected chi connectivity index (χ1v) is 25.1. The predicted octanol–water partition coefficient (Wildman–Crippen LogP) is 11.1. The number of ether oxygens (including phenoxy) is 4. The summed E-state index contributed by atoms with van der Waals surface area (Å²) in [6, 6.07) is 20.7. The fourth-order valence-corrected chi connectivity index (χ4v) is 7.93. The van der Waals surface area contributed by atoms with Gasteiger partial charge in [-0.25, -0.2) is 0 Å². The summed E-state index contributed by atoms with van der Waals surface area (Å²) in [5.41, 5.74) is 2.42. The Bertz CT molecular complexity index is 1320. The van der Waals surface area contributed by atoms with Gasteiger partial charge in [0.2, 0.25) is 0 Å². The minimum atomic E-state index is -1.05. The molecule has 0 bridgehead atoms. The van der Waals surface area contributed by atoms with Crippen molar-refractivity contribution in [3.05, 3.63) is 71.8 Å². The average Bonchev–Trinajstić information content (AvgIpc) is 3.26. The van der Waals surface area contributed by atoms with Gasteiger partial charge in [-0.1, -0.05) is 164 Å². The molecule has 4 unspecified atom stereocenters. The maximum atomic E-state index is 11.3. The average molecular weight is 1030 g/mol. The standard InChI is InChI=1S/2C27H44O5.Ba/c2*1-3-4-5-6-11-17-25(31-22-24-15-9-7-10-16-24)18-12-8-13-19-26(32-23(2)28)20-14-21-27(29)30;/h2*7,9-10,15-16,25-26H,3-6,8,11-14,17-22H2,1-2H3,(H,29,30);/q;;+2/p-2. The van der Waals surface area contributed by atoms with Crippen LogP contribution in [0, 0.1) is 0 Å². The molecule has 11 heteroatoms. The topological polar surface area (TPSA) is 151 Å². The monoisotopic (exact) mass is 1030 g/mol. The van der Waals surface area contributed by atoms with Gasteiger partial charge in [0, 0.05) is 25.8 Å². The van der Waals surface area contributed by atoms with E-state index in [1.54, 1.807) is 0 Å². The molecule has 0 aliphatic heterocycles. The number of hydrogen-bond acceptors (Lipinski definition) is 10. The van der Waals surface area contributed by atoms with Crippen LogP contribution >= 0.6 is 0 Å². The maximum absolute atomic E-state index is 11.3. The maximum Gasteiger partial charge on any atom is 2.00 e. The third-order valence-corrected chi connectivity index (χ3v) is 11.5. The van der Waals surface area contributed by atoms with Gasteiger partial charge in [-0.3, -0.25) is 9.59 Å². The van der Waals surface area contributed by atoms with Gasteiger partial charge in [0.1, 0.15) is 12.2 Å². The van der Waals surface area contributed by atoms with E-state index in [4.69, 9.17) is 18.9 Å². The summed E-state index contributed by atoms with van der Waals surface area (Å²) in [7, 11) is 0. The van der Waals surface area contributed by atoms with E-state index in [1.165, 1.54) is 89.2 Å². The van der Waals surface area contributed by atoms with Gasteiger partial charge in [-0.2, -0.15) is 0 Å². The summed E-state index contributed by atoms with van der Waals surface area (Å²) in [5.74, 6) is -2.72. The zero-order valence-corrected chi connectivity index (χ0v) is 45.5. The molecule has 364 valence electrons. The van der Waals surface area contributed by atoms with Gasteiger partial charge < -0.3 is 38.7 Å². The van der Waals surface area contributed by atoms with E-state index >= 15 is 0 Å². The molecule has 0 aromatic heterocycles. The first-order valence-electron chi connectivity index (χ1n) is 25.1. The van der Waals surface area contributed by atoms with Crippen LogP contribution in [0.4, 0.5) is 0 Å². The first-order chi connectivity index (χ1) is 31.0. The van der Waals surface area contributed by atoms with Crippen molar-refractivity contribution in [2.24, 2.45) is 0 Å². The van der Waals surface area contributed by atoms with Gasteiger partial charge in [-0.15, -0.1) is 0 Å². The second kappa shape index (κ2) is 44.3. The predicted molar refractivity (Wildman–Crippen MR) is 258 cm³/mol. The normalized spacial score (nSPS) is 12.7. The molecule has 65 heavy (non-hydrogen) atoms. The third-order valence-electron chi connectivity index (χ3n) is 11.5. The summed E-state index contributed by atoms with van der Waals surface area (Å²) in [6.07, 6.45) is 27.1. The number of carboxylic acids is 2. The van der Waals surface area contributed by atoms with Crippen molar-refractivity contribution in [1.29, 1.82) is 0 Å². The van der Waals surface area contributed by atoms with Crippen molar-refractivity contribution < 1.29 is 48.3 Å². The van der Waals surface area contributed by atoms with E-state index in [9.17, 15) is 29.4 Å². The Kier molecular flexibility index (Phi) is 42.8. The van der Waals surface area contributed by atoms with Crippen molar-refractivity contribution in [3.63, 3.8) is 0 Å². The molecule has 0 radical (unpaired) electrons. The smallest absolute Gasteiger partial charge is 0.550 e. The molecule has 0 saturated heterocycles. The van der Waals surface area contributed by atoms with E-state index in [2.05, 4.69) is 38.1 Å². The number of benzene rings is 2. The number of esters is 2. The number of carboxylic acid groups (broad SMARTS) is 2. The van der Waals surface area contributed by atoms with Crippen LogP contribution in [0.5, 0.6) is 0 Å². The molecule has 0 aliphatic rings. The number of carbonyl (C=O) groups is 4. The van der Waals surface area contributed by atoms with Crippen LogP contribution in [-0.4, -0.2) is 97.2 Å². The summed E-state index contributed by atoms with van der Waals surface area (Å²) < 4.78 is 23.2. The Labute approximate surface area is 434 Å². The Morgan fingerprint density at radius 2 is 0.692 bits per heavy atom. The SMILES string of the molecule is CCCCCCCC(CCCCCC(CCCC(=O)[O-])OC(C)=O)OCc1ccccc1.CCCCCCCC(CCCCCC(CCCC(=O)[O-])OC(C)=O)OCc1ccccc1.[Ba+2]. The van der Waals surface area contributed by atoms with Crippen molar-refractivity contribution in [2.75, 3.05) is 0 Å². The largest absolute Gasteiger partial charge is 2.00 e. The number of hydrogen-bond donors (Lipinski definition) is 0. The summed E-state index contributed by atoms with van der Waals surface area (Å²) in [4.78, 5) is 43.8. The number of unbranched alkanes of at least 4 members (excludes halogenated alkanes) is 12. The van der Waals surface area contributed by atoms with Crippen LogP contribution < -0.4 is 10.2 Å². The molecule has 0 heterocycles. The molecular formula is C54H86BaO10. The first kappa shape index (κ1) is 62.8. The van der Waals surface area contributed by atoms with Crippen molar-refractivity contribution in [2.45, 2.75) is 245 Å². The molecule has 0 saturated carbocycles. The molecule has 0 fully saturated rings. The van der Waals surface area contributed by atoms with E-state index in [1.807, 2.05) is 36.4 Å². The summed E-state index contributed by atoms with van der Waals surface area (Å²) in [6.45, 7) is 8.60. The van der Waals surface area contributed by atoms with Gasteiger partial charge >= 0.3 is 60.8 Å². The van der Waals surface area contributed by atoms with Crippen LogP contribution in [0.3, 0.4) is 0 Å². The number of aliphatic carboxylic acids is 2. The fourth-order valence-electron chi connectivity index (χ4n) is 7.93. The Morgan fingerprint density at radius 1 is 0.415 bits per heavy atom. The molecule has 2 aromatic carbocycles. The van der Waals surface area contributed by atoms with E-state index in [0.717, 1.165) is 77.0 Å². The second-order valence-corrected chi connectivity index (χ2v) is 17.5. The van der Waals surface area contributed by atoms with Gasteiger partial charge in [-0.05, 0) is 101 Å². The van der Waals surface area contributed by atoms with Gasteiger partial charge in [0.05, 0.1) is 25.4 Å². The second-order valence-electron chi connectivity index (χ2n) is 17.5. The third kappa shape index (κ3) is 40.6. The van der Waals surface area contributed by atoms with Crippen LogP contribution in [0.25, 0.3) is 0 Å². The Morgan fingerprint density at radius 3 is 0.985 bits per heavy atom. The summed E-state index contributed by atoms with van der Waals surface area (Å²) in [5, 5.41) is 21.2. The zero-order chi connectivity index (χ0) is 46.9. The van der Waals surface area contributed by atoms with Crippen molar-refractivity contribution in [3.8, 4) is 0 Å². The van der Waals surface area contributed by atoms with Crippen LogP contribution in [0.15, 0.2) is 60.7 Å². The minimum Gasteiger partial charge on any atom is -0.550 e. The van der Waals surface area contributed by atoms with Crippen molar-refractivity contribution >= 4 is 72.8 Å². The molecular weight excluding hydrogens is 946 g/mol. The van der Waals surface area contributed by atoms with E-state index in [-0.39, 0.29) is 98.1 Å². The summed E-state index contributed by atoms with van der Waals surface area (Å²) >= 11 is 0. The molecule has 2 aromatic rings. The molecule has 0 spiro atoms. The van der Waals surface area contributed by atoms with Gasteiger partial charge in [0.25, 0.3) is 0 Å². The van der Waals surface area contributed by atoms with Crippen LogP contribution in [0.2, 0.25) is 0 Å². The molecule has 0 aliphatic carbocycles. The molecule has 2 rings (SSSR count). The fraction of sp³-hybridized carbons (Fsp3) is 0.704.